The van der Waals surface area contributed by atoms with Crippen LogP contribution in [-0.4, -0.2) is 28.5 Å². The molecule has 7 heteroatoms. The molecule has 0 spiro atoms. The molecule has 1 amide bonds. The normalized spacial score (nSPS) is 10.3. The van der Waals surface area contributed by atoms with Crippen LogP contribution in [0.25, 0.3) is 0 Å². The number of carbonyl (C=O) groups excluding carboxylic acids is 1. The third kappa shape index (κ3) is 3.87. The summed E-state index contributed by atoms with van der Waals surface area (Å²) in [6, 6.07) is 8.94. The van der Waals surface area contributed by atoms with Gasteiger partial charge in [-0.15, -0.1) is 11.3 Å². The van der Waals surface area contributed by atoms with Crippen LogP contribution < -0.4 is 10.6 Å². The van der Waals surface area contributed by atoms with Gasteiger partial charge in [0.1, 0.15) is 10.7 Å². The number of thiazole rings is 1. The van der Waals surface area contributed by atoms with Crippen LogP contribution in [0.1, 0.15) is 21.9 Å². The maximum atomic E-state index is 12.5. The van der Waals surface area contributed by atoms with Gasteiger partial charge in [-0.05, 0) is 12.1 Å². The SMILES string of the molecule is NCc1nc(C(=O)N(CCC(=O)O)c2ccccc2)cs1. The van der Waals surface area contributed by atoms with Crippen LogP contribution in [-0.2, 0) is 11.3 Å². The number of nitrogens with two attached hydrogens (primary N) is 1. The van der Waals surface area contributed by atoms with Crippen molar-refractivity contribution in [2.24, 2.45) is 5.73 Å². The van der Waals surface area contributed by atoms with E-state index in [1.165, 1.54) is 16.2 Å². The smallest absolute Gasteiger partial charge is 0.305 e. The quantitative estimate of drug-likeness (QED) is 0.847. The van der Waals surface area contributed by atoms with Gasteiger partial charge in [0.2, 0.25) is 0 Å². The topological polar surface area (TPSA) is 96.5 Å². The Kier molecular flexibility index (Phi) is 5.02. The molecule has 21 heavy (non-hydrogen) atoms. The van der Waals surface area contributed by atoms with Crippen LogP contribution >= 0.6 is 11.3 Å². The number of aromatic nitrogens is 1. The van der Waals surface area contributed by atoms with Crippen LogP contribution in [0.3, 0.4) is 0 Å². The zero-order valence-electron chi connectivity index (χ0n) is 11.2. The third-order valence-corrected chi connectivity index (χ3v) is 3.68. The lowest BCUT2D eigenvalue weighted by molar-refractivity contribution is -0.136. The van der Waals surface area contributed by atoms with E-state index in [1.807, 2.05) is 6.07 Å². The average molecular weight is 305 g/mol. The molecule has 2 aromatic rings. The molecule has 1 aromatic heterocycles. The Balaban J connectivity index is 2.25. The molecule has 6 nitrogen and oxygen atoms in total. The molecule has 0 bridgehead atoms. The van der Waals surface area contributed by atoms with Crippen molar-refractivity contribution in [3.63, 3.8) is 0 Å². The van der Waals surface area contributed by atoms with Crippen LogP contribution in [0.5, 0.6) is 0 Å². The molecule has 0 aliphatic rings. The number of hydrogen-bond donors (Lipinski definition) is 2. The number of amides is 1. The number of carboxylic acids is 1. The number of anilines is 1. The zero-order valence-corrected chi connectivity index (χ0v) is 12.0. The van der Waals surface area contributed by atoms with E-state index in [2.05, 4.69) is 4.98 Å². The summed E-state index contributed by atoms with van der Waals surface area (Å²) in [5, 5.41) is 11.1. The molecule has 0 radical (unpaired) electrons. The second kappa shape index (κ2) is 6.96. The summed E-state index contributed by atoms with van der Waals surface area (Å²) < 4.78 is 0. The van der Waals surface area contributed by atoms with Crippen LogP contribution in [0.15, 0.2) is 35.7 Å². The highest BCUT2D eigenvalue weighted by atomic mass is 32.1. The molecule has 3 N–H and O–H groups in total. The van der Waals surface area contributed by atoms with Crippen molar-refractivity contribution in [3.8, 4) is 0 Å². The van der Waals surface area contributed by atoms with Gasteiger partial charge in [-0.25, -0.2) is 4.98 Å². The van der Waals surface area contributed by atoms with E-state index in [4.69, 9.17) is 10.8 Å². The minimum atomic E-state index is -0.954. The Morgan fingerprint density at radius 1 is 1.29 bits per heavy atom. The zero-order chi connectivity index (χ0) is 15.2. The highest BCUT2D eigenvalue weighted by Gasteiger charge is 2.20. The first-order valence-electron chi connectivity index (χ1n) is 6.35. The number of nitrogens with zero attached hydrogens (tertiary/aromatic N) is 2. The van der Waals surface area contributed by atoms with E-state index in [9.17, 15) is 9.59 Å². The van der Waals surface area contributed by atoms with Crippen molar-refractivity contribution in [2.75, 3.05) is 11.4 Å². The van der Waals surface area contributed by atoms with Crippen molar-refractivity contribution in [3.05, 3.63) is 46.4 Å². The second-order valence-corrected chi connectivity index (χ2v) is 5.21. The van der Waals surface area contributed by atoms with Gasteiger partial charge in [0.05, 0.1) is 6.42 Å². The summed E-state index contributed by atoms with van der Waals surface area (Å²) in [4.78, 5) is 28.9. The third-order valence-electron chi connectivity index (χ3n) is 2.81. The molecule has 110 valence electrons. The first kappa shape index (κ1) is 15.1. The molecular weight excluding hydrogens is 290 g/mol. The van der Waals surface area contributed by atoms with Crippen LogP contribution in [0.2, 0.25) is 0 Å². The van der Waals surface area contributed by atoms with Gasteiger partial charge >= 0.3 is 5.97 Å². The maximum Gasteiger partial charge on any atom is 0.305 e. The van der Waals surface area contributed by atoms with E-state index >= 15 is 0 Å². The first-order valence-corrected chi connectivity index (χ1v) is 7.23. The number of carboxylic acid groups (broad SMARTS) is 1. The summed E-state index contributed by atoms with van der Waals surface area (Å²) in [6.07, 6.45) is -0.130. The molecule has 0 aliphatic heterocycles. The van der Waals surface area contributed by atoms with E-state index < -0.39 is 5.97 Å². The molecule has 0 saturated heterocycles. The molecule has 0 atom stereocenters. The molecule has 1 heterocycles. The fraction of sp³-hybridized carbons (Fsp3) is 0.214. The molecule has 2 rings (SSSR count). The maximum absolute atomic E-state index is 12.5. The second-order valence-electron chi connectivity index (χ2n) is 4.27. The van der Waals surface area contributed by atoms with Crippen molar-refractivity contribution in [1.82, 2.24) is 4.98 Å². The van der Waals surface area contributed by atoms with Crippen molar-refractivity contribution >= 4 is 28.9 Å². The van der Waals surface area contributed by atoms with Gasteiger partial charge < -0.3 is 15.7 Å². The molecule has 1 aromatic carbocycles. The fourth-order valence-corrected chi connectivity index (χ4v) is 2.45. The number of para-hydroxylation sites is 1. The van der Waals surface area contributed by atoms with Gasteiger partial charge in [0.15, 0.2) is 0 Å². The van der Waals surface area contributed by atoms with E-state index in [1.54, 1.807) is 29.6 Å². The number of aliphatic carboxylic acids is 1. The van der Waals surface area contributed by atoms with Crippen molar-refractivity contribution in [2.45, 2.75) is 13.0 Å². The lowest BCUT2D eigenvalue weighted by atomic mass is 10.2. The fourth-order valence-electron chi connectivity index (χ4n) is 1.80. The van der Waals surface area contributed by atoms with E-state index in [0.717, 1.165) is 0 Å². The van der Waals surface area contributed by atoms with Crippen molar-refractivity contribution in [1.29, 1.82) is 0 Å². The van der Waals surface area contributed by atoms with Crippen LogP contribution in [0, 0.1) is 0 Å². The summed E-state index contributed by atoms with van der Waals surface area (Å²) in [5.74, 6) is -1.27. The Bertz CT molecular complexity index is 627. The van der Waals surface area contributed by atoms with E-state index in [-0.39, 0.29) is 31.1 Å². The average Bonchev–Trinajstić information content (AvgIpc) is 2.97. The summed E-state index contributed by atoms with van der Waals surface area (Å²) in [6.45, 7) is 0.367. The summed E-state index contributed by atoms with van der Waals surface area (Å²) in [7, 11) is 0. The van der Waals surface area contributed by atoms with Gasteiger partial charge in [-0.1, -0.05) is 18.2 Å². The Morgan fingerprint density at radius 2 is 2.00 bits per heavy atom. The van der Waals surface area contributed by atoms with Gasteiger partial charge in [-0.3, -0.25) is 9.59 Å². The van der Waals surface area contributed by atoms with Crippen LogP contribution in [0.4, 0.5) is 5.69 Å². The van der Waals surface area contributed by atoms with Gasteiger partial charge in [0.25, 0.3) is 5.91 Å². The molecule has 0 fully saturated rings. The predicted octanol–water partition coefficient (Wildman–Crippen LogP) is 1.72. The minimum Gasteiger partial charge on any atom is -0.481 e. The van der Waals surface area contributed by atoms with Gasteiger partial charge in [-0.2, -0.15) is 0 Å². The summed E-state index contributed by atoms with van der Waals surface area (Å²) in [5.41, 5.74) is 6.43. The largest absolute Gasteiger partial charge is 0.481 e. The number of benzene rings is 1. The first-order chi connectivity index (χ1) is 10.1. The van der Waals surface area contributed by atoms with Gasteiger partial charge in [0, 0.05) is 24.2 Å². The molecular formula is C14H15N3O3S. The van der Waals surface area contributed by atoms with E-state index in [0.29, 0.717) is 10.7 Å². The summed E-state index contributed by atoms with van der Waals surface area (Å²) >= 11 is 1.31. The highest BCUT2D eigenvalue weighted by molar-refractivity contribution is 7.09. The highest BCUT2D eigenvalue weighted by Crippen LogP contribution is 2.18. The monoisotopic (exact) mass is 305 g/mol. The number of hydrogen-bond acceptors (Lipinski definition) is 5. The number of rotatable bonds is 6. The number of carbonyl (C=O) groups is 2. The lowest BCUT2D eigenvalue weighted by Crippen LogP contribution is -2.33. The standard InChI is InChI=1S/C14H15N3O3S/c15-8-12-16-11(9-21-12)14(20)17(7-6-13(18)19)10-4-2-1-3-5-10/h1-5,9H,6-8,15H2,(H,18,19). The molecule has 0 unspecified atom stereocenters. The minimum absolute atomic E-state index is 0.0909. The molecule has 0 aliphatic carbocycles. The predicted molar refractivity (Wildman–Crippen MR) is 80.4 cm³/mol. The lowest BCUT2D eigenvalue weighted by Gasteiger charge is -2.21. The Labute approximate surface area is 125 Å². The molecule has 0 saturated carbocycles. The Morgan fingerprint density at radius 3 is 2.57 bits per heavy atom. The Hall–Kier alpha value is -2.25. The van der Waals surface area contributed by atoms with Crippen molar-refractivity contribution < 1.29 is 14.7 Å².